The first-order valence-electron chi connectivity index (χ1n) is 6.26. The van der Waals surface area contributed by atoms with Gasteiger partial charge < -0.3 is 9.47 Å². The maximum Gasteiger partial charge on any atom is 0.314 e. The summed E-state index contributed by atoms with van der Waals surface area (Å²) in [5, 5.41) is 11.6. The average Bonchev–Trinajstić information content (AvgIpc) is 2.42. The van der Waals surface area contributed by atoms with Crippen molar-refractivity contribution in [2.24, 2.45) is 0 Å². The van der Waals surface area contributed by atoms with E-state index in [4.69, 9.17) is 9.47 Å². The predicted molar refractivity (Wildman–Crippen MR) is 77.3 cm³/mol. The van der Waals surface area contributed by atoms with Crippen LogP contribution >= 0.6 is 15.9 Å². The third-order valence-electron chi connectivity index (χ3n) is 2.41. The summed E-state index contributed by atoms with van der Waals surface area (Å²) in [4.78, 5) is 10.6. The summed E-state index contributed by atoms with van der Waals surface area (Å²) in [6, 6.07) is 3.12. The number of alkyl halides is 1. The molecule has 0 fully saturated rings. The van der Waals surface area contributed by atoms with Crippen molar-refractivity contribution in [1.29, 1.82) is 0 Å². The standard InChI is InChI=1S/C13H18BrNO4/c1-3-5-18-12-8-11(15(16)17)13(19-6-4-2)7-10(12)9-14/h7-8H,3-6,9H2,1-2H3. The van der Waals surface area contributed by atoms with Crippen LogP contribution in [0.1, 0.15) is 32.3 Å². The monoisotopic (exact) mass is 331 g/mol. The van der Waals surface area contributed by atoms with Crippen LogP contribution in [-0.2, 0) is 5.33 Å². The third kappa shape index (κ3) is 4.38. The van der Waals surface area contributed by atoms with E-state index in [2.05, 4.69) is 15.9 Å². The molecule has 1 aromatic rings. The minimum absolute atomic E-state index is 0.0516. The molecule has 0 N–H and O–H groups in total. The average molecular weight is 332 g/mol. The fourth-order valence-corrected chi connectivity index (χ4v) is 1.95. The second-order valence-corrected chi connectivity index (χ2v) is 4.58. The van der Waals surface area contributed by atoms with Gasteiger partial charge in [-0.3, -0.25) is 10.1 Å². The molecule has 0 spiro atoms. The summed E-state index contributed by atoms with van der Waals surface area (Å²) in [6.45, 7) is 4.93. The molecule has 0 aromatic heterocycles. The lowest BCUT2D eigenvalue weighted by atomic mass is 10.2. The van der Waals surface area contributed by atoms with Crippen molar-refractivity contribution in [1.82, 2.24) is 0 Å². The molecule has 19 heavy (non-hydrogen) atoms. The molecule has 1 rings (SSSR count). The zero-order chi connectivity index (χ0) is 14.3. The molecule has 0 atom stereocenters. The highest BCUT2D eigenvalue weighted by molar-refractivity contribution is 9.08. The molecule has 0 saturated carbocycles. The topological polar surface area (TPSA) is 61.6 Å². The van der Waals surface area contributed by atoms with Crippen molar-refractivity contribution in [2.75, 3.05) is 13.2 Å². The van der Waals surface area contributed by atoms with Crippen LogP contribution in [0.15, 0.2) is 12.1 Å². The molecule has 0 aliphatic heterocycles. The van der Waals surface area contributed by atoms with Crippen LogP contribution in [0.5, 0.6) is 11.5 Å². The van der Waals surface area contributed by atoms with Crippen LogP contribution in [0.4, 0.5) is 5.69 Å². The number of nitro benzene ring substituents is 1. The Morgan fingerprint density at radius 1 is 1.16 bits per heavy atom. The van der Waals surface area contributed by atoms with Gasteiger partial charge in [-0.2, -0.15) is 0 Å². The van der Waals surface area contributed by atoms with E-state index in [-0.39, 0.29) is 5.69 Å². The van der Waals surface area contributed by atoms with Crippen LogP contribution in [0, 0.1) is 10.1 Å². The zero-order valence-corrected chi connectivity index (χ0v) is 12.7. The zero-order valence-electron chi connectivity index (χ0n) is 11.1. The molecule has 0 saturated heterocycles. The molecule has 0 amide bonds. The maximum atomic E-state index is 11.1. The summed E-state index contributed by atoms with van der Waals surface area (Å²) >= 11 is 3.36. The molecule has 6 heteroatoms. The van der Waals surface area contributed by atoms with Gasteiger partial charge in [0, 0.05) is 10.9 Å². The Kier molecular flexibility index (Phi) is 6.62. The Morgan fingerprint density at radius 2 is 1.74 bits per heavy atom. The molecule has 5 nitrogen and oxygen atoms in total. The first-order chi connectivity index (χ1) is 9.13. The van der Waals surface area contributed by atoms with Gasteiger partial charge >= 0.3 is 5.69 Å². The maximum absolute atomic E-state index is 11.1. The lowest BCUT2D eigenvalue weighted by molar-refractivity contribution is -0.386. The molecular formula is C13H18BrNO4. The number of hydrogen-bond acceptors (Lipinski definition) is 4. The normalized spacial score (nSPS) is 10.3. The van der Waals surface area contributed by atoms with Gasteiger partial charge in [0.15, 0.2) is 5.75 Å². The second kappa shape index (κ2) is 7.99. The summed E-state index contributed by atoms with van der Waals surface area (Å²) < 4.78 is 11.0. The molecular weight excluding hydrogens is 314 g/mol. The third-order valence-corrected chi connectivity index (χ3v) is 3.01. The highest BCUT2D eigenvalue weighted by atomic mass is 79.9. The SMILES string of the molecule is CCCOc1cc([N+](=O)[O-])c(OCCC)cc1CBr. The molecule has 106 valence electrons. The van der Waals surface area contributed by atoms with Crippen molar-refractivity contribution in [3.63, 3.8) is 0 Å². The Hall–Kier alpha value is -1.30. The minimum atomic E-state index is -0.443. The smallest absolute Gasteiger partial charge is 0.314 e. The van der Waals surface area contributed by atoms with Crippen LogP contribution in [0.25, 0.3) is 0 Å². The van der Waals surface area contributed by atoms with Crippen LogP contribution < -0.4 is 9.47 Å². The van der Waals surface area contributed by atoms with Gasteiger partial charge in [-0.15, -0.1) is 0 Å². The summed E-state index contributed by atoms with van der Waals surface area (Å²) in [5.74, 6) is 0.833. The predicted octanol–water partition coefficient (Wildman–Crippen LogP) is 4.07. The largest absolute Gasteiger partial charge is 0.493 e. The number of ether oxygens (including phenoxy) is 2. The van der Waals surface area contributed by atoms with Crippen molar-refractivity contribution in [2.45, 2.75) is 32.0 Å². The fourth-order valence-electron chi connectivity index (χ4n) is 1.51. The summed E-state index contributed by atoms with van der Waals surface area (Å²) in [5.41, 5.74) is 0.800. The van der Waals surface area contributed by atoms with Gasteiger partial charge in [0.1, 0.15) is 5.75 Å². The number of halogens is 1. The number of rotatable bonds is 8. The molecule has 0 radical (unpaired) electrons. The van der Waals surface area contributed by atoms with E-state index in [0.29, 0.717) is 30.0 Å². The van der Waals surface area contributed by atoms with Crippen LogP contribution in [0.2, 0.25) is 0 Å². The molecule has 0 aliphatic carbocycles. The molecule has 0 bridgehead atoms. The Morgan fingerprint density at radius 3 is 2.21 bits per heavy atom. The van der Waals surface area contributed by atoms with Gasteiger partial charge in [-0.1, -0.05) is 29.8 Å². The summed E-state index contributed by atoms with van der Waals surface area (Å²) in [7, 11) is 0. The van der Waals surface area contributed by atoms with E-state index >= 15 is 0 Å². The van der Waals surface area contributed by atoms with E-state index in [9.17, 15) is 10.1 Å². The minimum Gasteiger partial charge on any atom is -0.493 e. The summed E-state index contributed by atoms with van der Waals surface area (Å²) in [6.07, 6.45) is 1.65. The van der Waals surface area contributed by atoms with Crippen LogP contribution in [-0.4, -0.2) is 18.1 Å². The highest BCUT2D eigenvalue weighted by Crippen LogP contribution is 2.35. The van der Waals surface area contributed by atoms with Crippen LogP contribution in [0.3, 0.4) is 0 Å². The number of benzene rings is 1. The van der Waals surface area contributed by atoms with E-state index in [1.807, 2.05) is 13.8 Å². The molecule has 0 heterocycles. The fraction of sp³-hybridized carbons (Fsp3) is 0.538. The Balaban J connectivity index is 3.13. The molecule has 0 aliphatic rings. The van der Waals surface area contributed by atoms with E-state index in [1.165, 1.54) is 6.07 Å². The van der Waals surface area contributed by atoms with E-state index < -0.39 is 4.92 Å². The Bertz CT molecular complexity index is 437. The quantitative estimate of drug-likeness (QED) is 0.409. The van der Waals surface area contributed by atoms with E-state index in [1.54, 1.807) is 6.07 Å². The van der Waals surface area contributed by atoms with Gasteiger partial charge in [-0.25, -0.2) is 0 Å². The van der Waals surface area contributed by atoms with Crippen molar-refractivity contribution < 1.29 is 14.4 Å². The Labute approximate surface area is 121 Å². The first kappa shape index (κ1) is 15.8. The van der Waals surface area contributed by atoms with Crippen molar-refractivity contribution >= 4 is 21.6 Å². The lowest BCUT2D eigenvalue weighted by Gasteiger charge is -2.12. The lowest BCUT2D eigenvalue weighted by Crippen LogP contribution is -2.03. The van der Waals surface area contributed by atoms with E-state index in [0.717, 1.165) is 18.4 Å². The van der Waals surface area contributed by atoms with Gasteiger partial charge in [0.05, 0.1) is 24.2 Å². The van der Waals surface area contributed by atoms with Crippen molar-refractivity contribution in [3.8, 4) is 11.5 Å². The van der Waals surface area contributed by atoms with Gasteiger partial charge in [0.25, 0.3) is 0 Å². The molecule has 0 unspecified atom stereocenters. The highest BCUT2D eigenvalue weighted by Gasteiger charge is 2.20. The number of nitro groups is 1. The van der Waals surface area contributed by atoms with Gasteiger partial charge in [-0.05, 0) is 18.9 Å². The molecule has 1 aromatic carbocycles. The number of nitrogens with zero attached hydrogens (tertiary/aromatic N) is 1. The second-order valence-electron chi connectivity index (χ2n) is 4.02. The van der Waals surface area contributed by atoms with Crippen molar-refractivity contribution in [3.05, 3.63) is 27.8 Å². The van der Waals surface area contributed by atoms with Gasteiger partial charge in [0.2, 0.25) is 0 Å². The first-order valence-corrected chi connectivity index (χ1v) is 7.39. The number of hydrogen-bond donors (Lipinski definition) is 0.